The molecule has 7 nitrogen and oxygen atoms in total. The summed E-state index contributed by atoms with van der Waals surface area (Å²) in [6, 6.07) is 14.2. The third-order valence-corrected chi connectivity index (χ3v) is 7.17. The molecule has 2 aromatic carbocycles. The molecule has 2 aromatic heterocycles. The van der Waals surface area contributed by atoms with E-state index in [-0.39, 0.29) is 0 Å². The number of ether oxygens (including phenoxy) is 2. The molecule has 0 aliphatic carbocycles. The second kappa shape index (κ2) is 9.48. The molecule has 0 spiro atoms. The summed E-state index contributed by atoms with van der Waals surface area (Å²) in [6.45, 7) is 13.3. The number of anilines is 2. The van der Waals surface area contributed by atoms with Gasteiger partial charge in [-0.3, -0.25) is 0 Å². The quantitative estimate of drug-likeness (QED) is 0.308. The van der Waals surface area contributed by atoms with Crippen molar-refractivity contribution < 1.29 is 19.4 Å². The maximum Gasteiger partial charge on any atom is 0.337 e. The van der Waals surface area contributed by atoms with Gasteiger partial charge in [-0.1, -0.05) is 29.8 Å². The number of carbonyl (C=O) groups is 1. The van der Waals surface area contributed by atoms with Gasteiger partial charge in [0.05, 0.1) is 23.9 Å². The first-order valence-electron chi connectivity index (χ1n) is 12.9. The summed E-state index contributed by atoms with van der Waals surface area (Å²) < 4.78 is 14.1. The average molecular weight is 514 g/mol. The maximum atomic E-state index is 12.9. The van der Waals surface area contributed by atoms with Gasteiger partial charge < -0.3 is 24.0 Å². The number of nitrogens with zero attached hydrogens (tertiary/aromatic N) is 3. The van der Waals surface area contributed by atoms with E-state index in [1.165, 1.54) is 0 Å². The Bertz CT molecular complexity index is 1530. The Kier molecular flexibility index (Phi) is 6.43. The van der Waals surface area contributed by atoms with Gasteiger partial charge in [0.2, 0.25) is 0 Å². The Morgan fingerprint density at radius 1 is 1.05 bits per heavy atom. The molecular weight excluding hydrogens is 478 g/mol. The number of hydrogen-bond donors (Lipinski definition) is 1. The van der Waals surface area contributed by atoms with Crippen LogP contribution in [0.4, 0.5) is 11.5 Å². The predicted octanol–water partition coefficient (Wildman–Crippen LogP) is 6.73. The van der Waals surface area contributed by atoms with Crippen LogP contribution in [0.1, 0.15) is 49.3 Å². The maximum absolute atomic E-state index is 12.9. The van der Waals surface area contributed by atoms with Crippen LogP contribution in [0.5, 0.6) is 5.75 Å². The number of carboxylic acid groups (broad SMARTS) is 1. The first-order chi connectivity index (χ1) is 18.0. The van der Waals surface area contributed by atoms with Gasteiger partial charge in [0.25, 0.3) is 0 Å². The Hall–Kier alpha value is -3.84. The highest BCUT2D eigenvalue weighted by Gasteiger charge is 2.36. The molecule has 0 radical (unpaired) electrons. The fourth-order valence-electron chi connectivity index (χ4n) is 5.54. The molecule has 3 heterocycles. The summed E-state index contributed by atoms with van der Waals surface area (Å²) in [5.41, 5.74) is 7.06. The highest BCUT2D eigenvalue weighted by atomic mass is 16.5. The molecule has 1 atom stereocenters. The van der Waals surface area contributed by atoms with Crippen molar-refractivity contribution in [3.8, 4) is 16.9 Å². The third-order valence-electron chi connectivity index (χ3n) is 7.17. The predicted molar refractivity (Wildman–Crippen MR) is 151 cm³/mol. The van der Waals surface area contributed by atoms with Gasteiger partial charge >= 0.3 is 5.97 Å². The van der Waals surface area contributed by atoms with Crippen LogP contribution in [-0.4, -0.2) is 39.9 Å². The van der Waals surface area contributed by atoms with E-state index in [0.29, 0.717) is 12.1 Å². The molecule has 1 N–H and O–H groups in total. The van der Waals surface area contributed by atoms with Crippen molar-refractivity contribution in [3.63, 3.8) is 0 Å². The van der Waals surface area contributed by atoms with E-state index in [4.69, 9.17) is 9.47 Å². The standard InChI is InChI=1S/C31H35N3O4/c1-18-8-10-21(11-9-18)26-23-16-19(2)33-14-15-34(24-17-22(37-7)12-13-32-24)27(28(23)33)20(3)25(26)29(30(35)36)38-31(4,5)6/h8-13,16-17,29H,14-15H2,1-7H3,(H,35,36)/t29-/m0/s1. The first kappa shape index (κ1) is 25.8. The lowest BCUT2D eigenvalue weighted by molar-refractivity contribution is -0.160. The number of aromatic nitrogens is 2. The molecule has 0 fully saturated rings. The zero-order chi connectivity index (χ0) is 27.4. The van der Waals surface area contributed by atoms with Gasteiger partial charge in [-0.05, 0) is 70.4 Å². The number of methoxy groups -OCH3 is 1. The monoisotopic (exact) mass is 513 g/mol. The van der Waals surface area contributed by atoms with Crippen molar-refractivity contribution in [2.45, 2.75) is 59.8 Å². The minimum absolute atomic E-state index is 0.665. The molecule has 198 valence electrons. The molecule has 1 aliphatic rings. The molecular formula is C31H35N3O4. The molecule has 38 heavy (non-hydrogen) atoms. The van der Waals surface area contributed by atoms with Gasteiger partial charge in [0, 0.05) is 42.0 Å². The highest BCUT2D eigenvalue weighted by Crippen LogP contribution is 2.49. The summed E-state index contributed by atoms with van der Waals surface area (Å²) in [7, 11) is 1.64. The van der Waals surface area contributed by atoms with Crippen LogP contribution in [0, 0.1) is 20.8 Å². The fourth-order valence-corrected chi connectivity index (χ4v) is 5.54. The number of aryl methyl sites for hydroxylation is 2. The zero-order valence-electron chi connectivity index (χ0n) is 23.1. The van der Waals surface area contributed by atoms with Gasteiger partial charge in [-0.25, -0.2) is 9.78 Å². The highest BCUT2D eigenvalue weighted by molar-refractivity contribution is 6.08. The van der Waals surface area contributed by atoms with E-state index in [0.717, 1.165) is 62.7 Å². The summed E-state index contributed by atoms with van der Waals surface area (Å²) >= 11 is 0. The first-order valence-corrected chi connectivity index (χ1v) is 12.9. The Labute approximate surface area is 223 Å². The number of carboxylic acids is 1. The van der Waals surface area contributed by atoms with E-state index in [2.05, 4.69) is 58.6 Å². The number of hydrogen-bond acceptors (Lipinski definition) is 5. The van der Waals surface area contributed by atoms with Crippen molar-refractivity contribution in [1.82, 2.24) is 9.55 Å². The lowest BCUT2D eigenvalue weighted by Gasteiger charge is -2.35. The lowest BCUT2D eigenvalue weighted by Crippen LogP contribution is -2.31. The summed E-state index contributed by atoms with van der Waals surface area (Å²) in [5.74, 6) is 0.467. The molecule has 0 unspecified atom stereocenters. The van der Waals surface area contributed by atoms with Crippen molar-refractivity contribution in [1.29, 1.82) is 0 Å². The smallest absolute Gasteiger partial charge is 0.337 e. The molecule has 0 saturated heterocycles. The van der Waals surface area contributed by atoms with Gasteiger partial charge in [-0.15, -0.1) is 0 Å². The van der Waals surface area contributed by atoms with Crippen molar-refractivity contribution in [2.24, 2.45) is 0 Å². The van der Waals surface area contributed by atoms with Crippen molar-refractivity contribution in [3.05, 3.63) is 71.0 Å². The number of pyridine rings is 1. The van der Waals surface area contributed by atoms with E-state index in [9.17, 15) is 9.90 Å². The van der Waals surface area contributed by atoms with Gasteiger partial charge in [0.15, 0.2) is 6.10 Å². The number of aliphatic carboxylic acids is 1. The van der Waals surface area contributed by atoms with Crippen LogP contribution in [-0.2, 0) is 16.1 Å². The van der Waals surface area contributed by atoms with Gasteiger partial charge in [-0.2, -0.15) is 0 Å². The van der Waals surface area contributed by atoms with Crippen molar-refractivity contribution >= 4 is 28.4 Å². The van der Waals surface area contributed by atoms with Crippen LogP contribution >= 0.6 is 0 Å². The van der Waals surface area contributed by atoms with Crippen LogP contribution < -0.4 is 9.64 Å². The third kappa shape index (κ3) is 4.41. The second-order valence-corrected chi connectivity index (χ2v) is 11.0. The molecule has 4 aromatic rings. The van der Waals surface area contributed by atoms with E-state index >= 15 is 0 Å². The van der Waals surface area contributed by atoms with Crippen molar-refractivity contribution in [2.75, 3.05) is 18.6 Å². The Balaban J connectivity index is 1.90. The van der Waals surface area contributed by atoms with E-state index in [1.807, 2.05) is 39.8 Å². The zero-order valence-corrected chi connectivity index (χ0v) is 23.1. The summed E-state index contributed by atoms with van der Waals surface area (Å²) in [6.07, 6.45) is 0.585. The van der Waals surface area contributed by atoms with Crippen LogP contribution in [0.3, 0.4) is 0 Å². The second-order valence-electron chi connectivity index (χ2n) is 11.0. The molecule has 0 saturated carbocycles. The Morgan fingerprint density at radius 2 is 1.76 bits per heavy atom. The van der Waals surface area contributed by atoms with Crippen LogP contribution in [0.2, 0.25) is 0 Å². The molecule has 1 aliphatic heterocycles. The SMILES string of the molecule is COc1ccnc(N2CCn3c(C)cc4c(-c5ccc(C)cc5)c([C@H](OC(C)(C)C)C(=O)O)c(C)c2c43)c1. The largest absolute Gasteiger partial charge is 0.497 e. The summed E-state index contributed by atoms with van der Waals surface area (Å²) in [4.78, 5) is 19.7. The molecule has 0 bridgehead atoms. The fraction of sp³-hybridized carbons (Fsp3) is 0.355. The minimum Gasteiger partial charge on any atom is -0.497 e. The summed E-state index contributed by atoms with van der Waals surface area (Å²) in [5, 5.41) is 11.5. The van der Waals surface area contributed by atoms with Crippen LogP contribution in [0.15, 0.2) is 48.7 Å². The van der Waals surface area contributed by atoms with E-state index in [1.54, 1.807) is 13.3 Å². The lowest BCUT2D eigenvalue weighted by atomic mass is 9.87. The average Bonchev–Trinajstić information content (AvgIpc) is 3.21. The molecule has 7 heteroatoms. The number of rotatable bonds is 6. The normalized spacial score (nSPS) is 14.1. The van der Waals surface area contributed by atoms with E-state index < -0.39 is 17.7 Å². The molecule has 5 rings (SSSR count). The minimum atomic E-state index is -1.15. The van der Waals surface area contributed by atoms with Gasteiger partial charge in [0.1, 0.15) is 11.6 Å². The Morgan fingerprint density at radius 3 is 2.39 bits per heavy atom. The number of benzene rings is 2. The topological polar surface area (TPSA) is 76.8 Å². The van der Waals surface area contributed by atoms with Crippen LogP contribution in [0.25, 0.3) is 22.0 Å². The molecule has 0 amide bonds.